The van der Waals surface area contributed by atoms with Crippen LogP contribution in [-0.2, 0) is 0 Å². The van der Waals surface area contributed by atoms with E-state index in [1.807, 2.05) is 24.3 Å². The molecule has 15 rings (SSSR count). The molecule has 9 aromatic carbocycles. The Bertz CT molecular complexity index is 4440. The highest BCUT2D eigenvalue weighted by molar-refractivity contribution is 6.37. The van der Waals surface area contributed by atoms with Gasteiger partial charge in [0.1, 0.15) is 11.4 Å². The van der Waals surface area contributed by atoms with Crippen LogP contribution in [0.15, 0.2) is 188 Å². The fourth-order valence-corrected chi connectivity index (χ4v) is 10.9. The van der Waals surface area contributed by atoms with Crippen LogP contribution in [0.25, 0.3) is 137 Å². The van der Waals surface area contributed by atoms with Crippen molar-refractivity contribution < 1.29 is 0 Å². The first-order valence-corrected chi connectivity index (χ1v) is 21.3. The van der Waals surface area contributed by atoms with Gasteiger partial charge in [0.05, 0.1) is 49.7 Å². The minimum Gasteiger partial charge on any atom is -0.308 e. The maximum atomic E-state index is 5.38. The summed E-state index contributed by atoms with van der Waals surface area (Å²) >= 11 is 0. The van der Waals surface area contributed by atoms with Crippen LogP contribution >= 0.6 is 0 Å². The fraction of sp³-hybridized carbons (Fsp3) is 0. The molecule has 0 spiro atoms. The van der Waals surface area contributed by atoms with Crippen molar-refractivity contribution in [2.45, 2.75) is 0 Å². The fourth-order valence-electron chi connectivity index (χ4n) is 10.9. The van der Waals surface area contributed by atoms with Gasteiger partial charge in [0.25, 0.3) is 0 Å². The Labute approximate surface area is 357 Å². The van der Waals surface area contributed by atoms with Gasteiger partial charge in [-0.25, -0.2) is 9.97 Å². The molecule has 0 N–H and O–H groups in total. The summed E-state index contributed by atoms with van der Waals surface area (Å²) in [6.07, 6.45) is 0. The van der Waals surface area contributed by atoms with Gasteiger partial charge in [-0.3, -0.25) is 9.13 Å². The molecule has 0 fully saturated rings. The zero-order chi connectivity index (χ0) is 40.9. The number of hydrogen-bond donors (Lipinski definition) is 0. The summed E-state index contributed by atoms with van der Waals surface area (Å²) in [6, 6.07) is 66.9. The van der Waals surface area contributed by atoms with Crippen LogP contribution in [0.2, 0.25) is 0 Å². The average Bonchev–Trinajstić information content (AvgIpc) is 4.08. The molecule has 0 saturated heterocycles. The van der Waals surface area contributed by atoms with E-state index in [-0.39, 0.29) is 0 Å². The minimum absolute atomic E-state index is 0.642. The molecule has 0 bridgehead atoms. The highest BCUT2D eigenvalue weighted by atomic mass is 15.2. The first kappa shape index (κ1) is 33.1. The van der Waals surface area contributed by atoms with Crippen LogP contribution in [0.5, 0.6) is 0 Å². The normalized spacial score (nSPS) is 12.4. The Balaban J connectivity index is 1.02. The van der Waals surface area contributed by atoms with E-state index in [1.165, 1.54) is 75.8 Å². The highest BCUT2D eigenvalue weighted by Crippen LogP contribution is 2.48. The Morgan fingerprint density at radius 2 is 0.905 bits per heavy atom. The SMILES string of the molecule is c1ccc2c(c1)ccc1c2c2ccccc2n1-c1nc2ccccc2nc1-c1ccc(-n2c3ccccc3c3cc4c5ccccc5n5c6ccc7ccccc7c6c(c32)c45)nn1. The van der Waals surface area contributed by atoms with Crippen molar-refractivity contribution in [3.63, 3.8) is 0 Å². The summed E-state index contributed by atoms with van der Waals surface area (Å²) in [5.41, 5.74) is 10.8. The van der Waals surface area contributed by atoms with Gasteiger partial charge in [-0.15, -0.1) is 10.2 Å². The third-order valence-corrected chi connectivity index (χ3v) is 13.4. The maximum absolute atomic E-state index is 5.38. The average molecular weight is 802 g/mol. The summed E-state index contributed by atoms with van der Waals surface area (Å²) < 4.78 is 7.04. The van der Waals surface area contributed by atoms with E-state index in [4.69, 9.17) is 20.2 Å². The molecule has 290 valence electrons. The second-order valence-corrected chi connectivity index (χ2v) is 16.6. The standard InChI is InChI=1S/C56H31N7/c1-3-15-34-32(13-1)25-28-47-50(34)38-19-7-12-24-46(38)62(47)56-53(57-41-20-8-9-21-42(41)58-56)43-27-30-49(60-59-43)63-45-23-11-6-18-37(45)40-31-39-36-17-5-10-22-44(36)61-48-29-26-33-14-2-4-16-35(33)51(48)52(54(39)61)55(40)63/h1-31H. The third kappa shape index (κ3) is 4.27. The van der Waals surface area contributed by atoms with E-state index in [0.29, 0.717) is 17.2 Å². The number of para-hydroxylation sites is 5. The molecule has 7 nitrogen and oxygen atoms in total. The zero-order valence-electron chi connectivity index (χ0n) is 33.5. The molecule has 0 saturated carbocycles. The first-order valence-electron chi connectivity index (χ1n) is 21.3. The number of benzene rings is 9. The summed E-state index contributed by atoms with van der Waals surface area (Å²) in [5, 5.41) is 24.7. The molecule has 7 heteroatoms. The van der Waals surface area contributed by atoms with Gasteiger partial charge in [-0.1, -0.05) is 127 Å². The van der Waals surface area contributed by atoms with Crippen LogP contribution in [0.3, 0.4) is 0 Å². The lowest BCUT2D eigenvalue weighted by Crippen LogP contribution is -2.06. The molecular weight excluding hydrogens is 771 g/mol. The number of aromatic nitrogens is 7. The Morgan fingerprint density at radius 3 is 1.63 bits per heavy atom. The van der Waals surface area contributed by atoms with Crippen molar-refractivity contribution in [3.05, 3.63) is 188 Å². The molecule has 6 aromatic heterocycles. The molecule has 0 atom stereocenters. The van der Waals surface area contributed by atoms with E-state index in [1.54, 1.807) is 0 Å². The van der Waals surface area contributed by atoms with Crippen molar-refractivity contribution in [2.75, 3.05) is 0 Å². The minimum atomic E-state index is 0.642. The van der Waals surface area contributed by atoms with E-state index in [9.17, 15) is 0 Å². The van der Waals surface area contributed by atoms with Crippen molar-refractivity contribution in [1.29, 1.82) is 0 Å². The van der Waals surface area contributed by atoms with E-state index in [0.717, 1.165) is 44.3 Å². The molecule has 0 amide bonds. The number of rotatable bonds is 3. The molecule has 0 radical (unpaired) electrons. The molecule has 0 aliphatic heterocycles. The first-order chi connectivity index (χ1) is 31.3. The molecule has 15 aromatic rings. The summed E-state index contributed by atoms with van der Waals surface area (Å²) in [6.45, 7) is 0. The quantitative estimate of drug-likeness (QED) is 0.178. The molecule has 6 heterocycles. The highest BCUT2D eigenvalue weighted by Gasteiger charge is 2.27. The van der Waals surface area contributed by atoms with Gasteiger partial charge in [-0.05, 0) is 82.2 Å². The van der Waals surface area contributed by atoms with Crippen LogP contribution in [-0.4, -0.2) is 33.7 Å². The van der Waals surface area contributed by atoms with E-state index in [2.05, 4.69) is 177 Å². The molecule has 63 heavy (non-hydrogen) atoms. The van der Waals surface area contributed by atoms with Crippen molar-refractivity contribution in [3.8, 4) is 23.0 Å². The smallest absolute Gasteiger partial charge is 0.166 e. The van der Waals surface area contributed by atoms with Crippen LogP contribution in [0.1, 0.15) is 0 Å². The Hall–Kier alpha value is -8.68. The second kappa shape index (κ2) is 12.0. The van der Waals surface area contributed by atoms with Gasteiger partial charge in [0.2, 0.25) is 0 Å². The van der Waals surface area contributed by atoms with Gasteiger partial charge in [0, 0.05) is 43.1 Å². The largest absolute Gasteiger partial charge is 0.308 e. The van der Waals surface area contributed by atoms with Crippen molar-refractivity contribution in [2.24, 2.45) is 0 Å². The molecular formula is C56H31N7. The lowest BCUT2D eigenvalue weighted by molar-refractivity contribution is 0.950. The third-order valence-electron chi connectivity index (χ3n) is 13.4. The van der Waals surface area contributed by atoms with Crippen LogP contribution in [0, 0.1) is 0 Å². The molecule has 0 aliphatic rings. The predicted octanol–water partition coefficient (Wildman–Crippen LogP) is 13.7. The molecule has 0 unspecified atom stereocenters. The van der Waals surface area contributed by atoms with E-state index >= 15 is 0 Å². The van der Waals surface area contributed by atoms with E-state index < -0.39 is 0 Å². The van der Waals surface area contributed by atoms with Gasteiger partial charge < -0.3 is 4.40 Å². The Kier molecular flexibility index (Phi) is 6.30. The Morgan fingerprint density at radius 1 is 0.333 bits per heavy atom. The summed E-state index contributed by atoms with van der Waals surface area (Å²) in [7, 11) is 0. The second-order valence-electron chi connectivity index (χ2n) is 16.6. The maximum Gasteiger partial charge on any atom is 0.166 e. The number of fused-ring (bicyclic) bond motifs is 18. The van der Waals surface area contributed by atoms with Crippen LogP contribution < -0.4 is 0 Å². The van der Waals surface area contributed by atoms with Crippen molar-refractivity contribution in [1.82, 2.24) is 33.7 Å². The van der Waals surface area contributed by atoms with Gasteiger partial charge in [-0.2, -0.15) is 0 Å². The molecule has 0 aliphatic carbocycles. The lowest BCUT2D eigenvalue weighted by Gasteiger charge is -2.14. The van der Waals surface area contributed by atoms with Crippen LogP contribution in [0.4, 0.5) is 0 Å². The lowest BCUT2D eigenvalue weighted by atomic mass is 10.00. The van der Waals surface area contributed by atoms with Gasteiger partial charge >= 0.3 is 0 Å². The summed E-state index contributed by atoms with van der Waals surface area (Å²) in [5.74, 6) is 1.44. The monoisotopic (exact) mass is 801 g/mol. The zero-order valence-corrected chi connectivity index (χ0v) is 33.5. The number of nitrogens with zero attached hydrogens (tertiary/aromatic N) is 7. The predicted molar refractivity (Wildman–Crippen MR) is 259 cm³/mol. The number of hydrogen-bond acceptors (Lipinski definition) is 4. The van der Waals surface area contributed by atoms with Crippen molar-refractivity contribution >= 4 is 114 Å². The van der Waals surface area contributed by atoms with Gasteiger partial charge in [0.15, 0.2) is 11.6 Å². The summed E-state index contributed by atoms with van der Waals surface area (Å²) in [4.78, 5) is 10.7. The topological polar surface area (TPSA) is 65.8 Å².